The van der Waals surface area contributed by atoms with Crippen LogP contribution < -0.4 is 5.73 Å². The lowest BCUT2D eigenvalue weighted by atomic mass is 10.2. The lowest BCUT2D eigenvalue weighted by Gasteiger charge is -1.99. The van der Waals surface area contributed by atoms with Crippen molar-refractivity contribution in [2.45, 2.75) is 6.92 Å². The monoisotopic (exact) mass is 142 g/mol. The van der Waals surface area contributed by atoms with Gasteiger partial charge in [-0.25, -0.2) is 4.79 Å². The van der Waals surface area contributed by atoms with Crippen molar-refractivity contribution in [3.8, 4) is 0 Å². The maximum atomic E-state index is 10.7. The molecule has 4 heteroatoms. The van der Waals surface area contributed by atoms with Crippen molar-refractivity contribution in [3.63, 3.8) is 0 Å². The van der Waals surface area contributed by atoms with E-state index in [4.69, 9.17) is 11.1 Å². The van der Waals surface area contributed by atoms with Gasteiger partial charge in [-0.05, 0) is 6.92 Å². The van der Waals surface area contributed by atoms with Gasteiger partial charge in [0.15, 0.2) is 0 Å². The largest absolute Gasteiger partial charge is 0.465 e. The molecule has 0 atom stereocenters. The van der Waals surface area contributed by atoms with E-state index in [0.717, 1.165) is 6.21 Å². The highest BCUT2D eigenvalue weighted by Crippen LogP contribution is 1.96. The molecule has 0 aliphatic carbocycles. The van der Waals surface area contributed by atoms with Gasteiger partial charge in [-0.15, -0.1) is 0 Å². The highest BCUT2D eigenvalue weighted by molar-refractivity contribution is 6.08. The molecule has 3 N–H and O–H groups in total. The molecule has 0 saturated heterocycles. The molecule has 56 valence electrons. The molecular weight excluding hydrogens is 132 g/mol. The predicted octanol–water partition coefficient (Wildman–Crippen LogP) is 0.0417. The fourth-order valence-corrected chi connectivity index (χ4v) is 0.444. The smallest absolute Gasteiger partial charge is 0.341 e. The van der Waals surface area contributed by atoms with E-state index < -0.39 is 5.97 Å². The van der Waals surface area contributed by atoms with Gasteiger partial charge in [0.25, 0.3) is 0 Å². The molecule has 4 nitrogen and oxygen atoms in total. The van der Waals surface area contributed by atoms with Crippen LogP contribution in [-0.2, 0) is 9.53 Å². The van der Waals surface area contributed by atoms with Crippen LogP contribution in [0, 0.1) is 5.41 Å². The van der Waals surface area contributed by atoms with Crippen LogP contribution >= 0.6 is 0 Å². The van der Waals surface area contributed by atoms with Gasteiger partial charge in [0.2, 0.25) is 0 Å². The first-order chi connectivity index (χ1) is 4.63. The van der Waals surface area contributed by atoms with Crippen LogP contribution in [0.15, 0.2) is 11.3 Å². The van der Waals surface area contributed by atoms with Crippen molar-refractivity contribution in [3.05, 3.63) is 11.3 Å². The average molecular weight is 142 g/mol. The molecule has 0 aromatic carbocycles. The summed E-state index contributed by atoms with van der Waals surface area (Å²) >= 11 is 0. The van der Waals surface area contributed by atoms with Crippen LogP contribution in [0.2, 0.25) is 0 Å². The Kier molecular flexibility index (Phi) is 3.17. The lowest BCUT2D eigenvalue weighted by molar-refractivity contribution is -0.135. The normalized spacial score (nSPS) is 11.8. The quantitative estimate of drug-likeness (QED) is 0.324. The molecule has 0 amide bonds. The van der Waals surface area contributed by atoms with Gasteiger partial charge in [-0.1, -0.05) is 0 Å². The molecule has 0 aliphatic rings. The van der Waals surface area contributed by atoms with Crippen molar-refractivity contribution in [1.29, 1.82) is 5.41 Å². The van der Waals surface area contributed by atoms with E-state index in [1.807, 2.05) is 0 Å². The van der Waals surface area contributed by atoms with E-state index in [-0.39, 0.29) is 5.57 Å². The Morgan fingerprint density at radius 1 is 1.70 bits per heavy atom. The number of carbonyl (C=O) groups is 1. The molecule has 0 bridgehead atoms. The first-order valence-corrected chi connectivity index (χ1v) is 2.68. The van der Waals surface area contributed by atoms with E-state index in [2.05, 4.69) is 4.74 Å². The molecule has 0 aromatic rings. The zero-order valence-electron chi connectivity index (χ0n) is 5.97. The van der Waals surface area contributed by atoms with E-state index in [0.29, 0.717) is 5.70 Å². The number of nitrogens with two attached hydrogens (primary N) is 1. The van der Waals surface area contributed by atoms with Crippen molar-refractivity contribution >= 4 is 12.2 Å². The SMILES string of the molecule is COC(=O)/C(C=N)=C(/C)N. The minimum Gasteiger partial charge on any atom is -0.465 e. The van der Waals surface area contributed by atoms with Crippen molar-refractivity contribution in [2.75, 3.05) is 7.11 Å². The van der Waals surface area contributed by atoms with Gasteiger partial charge >= 0.3 is 5.97 Å². The zero-order chi connectivity index (χ0) is 8.15. The second-order valence-electron chi connectivity index (χ2n) is 1.73. The number of nitrogens with one attached hydrogen (secondary N) is 1. The summed E-state index contributed by atoms with van der Waals surface area (Å²) in [6.45, 7) is 1.54. The highest BCUT2D eigenvalue weighted by atomic mass is 16.5. The zero-order valence-corrected chi connectivity index (χ0v) is 5.97. The highest BCUT2D eigenvalue weighted by Gasteiger charge is 2.07. The third-order valence-corrected chi connectivity index (χ3v) is 0.974. The standard InChI is InChI=1S/C6H10N2O2/c1-4(8)5(3-7)6(9)10-2/h3,7H,8H2,1-2H3/b5-4-,7-3?. The Hall–Kier alpha value is -1.32. The molecule has 0 aromatic heterocycles. The number of carbonyl (C=O) groups excluding carboxylic acids is 1. The van der Waals surface area contributed by atoms with Crippen LogP contribution in [0.25, 0.3) is 0 Å². The Morgan fingerprint density at radius 2 is 2.20 bits per heavy atom. The number of ether oxygens (including phenoxy) is 1. The molecule has 0 saturated carbocycles. The van der Waals surface area contributed by atoms with Gasteiger partial charge in [0, 0.05) is 11.9 Å². The van der Waals surface area contributed by atoms with Crippen LogP contribution in [-0.4, -0.2) is 19.3 Å². The van der Waals surface area contributed by atoms with Gasteiger partial charge in [-0.3, -0.25) is 0 Å². The van der Waals surface area contributed by atoms with E-state index in [1.165, 1.54) is 14.0 Å². The van der Waals surface area contributed by atoms with Crippen molar-refractivity contribution in [2.24, 2.45) is 5.73 Å². The van der Waals surface area contributed by atoms with Crippen LogP contribution in [0.4, 0.5) is 0 Å². The Balaban J connectivity index is 4.53. The molecule has 0 radical (unpaired) electrons. The molecule has 10 heavy (non-hydrogen) atoms. The van der Waals surface area contributed by atoms with Crippen LogP contribution in [0.1, 0.15) is 6.92 Å². The Bertz CT molecular complexity index is 180. The van der Waals surface area contributed by atoms with Crippen molar-refractivity contribution in [1.82, 2.24) is 0 Å². The summed E-state index contributed by atoms with van der Waals surface area (Å²) in [7, 11) is 1.24. The summed E-state index contributed by atoms with van der Waals surface area (Å²) in [5.41, 5.74) is 5.64. The number of hydrogen-bond donors (Lipinski definition) is 2. The first kappa shape index (κ1) is 8.68. The summed E-state index contributed by atoms with van der Waals surface area (Å²) in [5.74, 6) is -0.574. The summed E-state index contributed by atoms with van der Waals surface area (Å²) in [6, 6.07) is 0. The number of hydrogen-bond acceptors (Lipinski definition) is 4. The maximum Gasteiger partial charge on any atom is 0.341 e. The fraction of sp³-hybridized carbons (Fsp3) is 0.333. The topological polar surface area (TPSA) is 76.2 Å². The molecule has 0 spiro atoms. The lowest BCUT2D eigenvalue weighted by Crippen LogP contribution is -2.11. The van der Waals surface area contributed by atoms with E-state index in [1.54, 1.807) is 0 Å². The minimum absolute atomic E-state index is 0.0995. The molecule has 0 unspecified atom stereocenters. The summed E-state index contributed by atoms with van der Waals surface area (Å²) in [6.07, 6.45) is 0.876. The number of allylic oxidation sites excluding steroid dienone is 1. The molecule has 0 rings (SSSR count). The summed E-state index contributed by atoms with van der Waals surface area (Å²) in [4.78, 5) is 10.7. The van der Waals surface area contributed by atoms with Crippen molar-refractivity contribution < 1.29 is 9.53 Å². The van der Waals surface area contributed by atoms with E-state index in [9.17, 15) is 4.79 Å². The van der Waals surface area contributed by atoms with Crippen LogP contribution in [0.3, 0.4) is 0 Å². The number of methoxy groups -OCH3 is 1. The third kappa shape index (κ3) is 1.89. The van der Waals surface area contributed by atoms with Gasteiger partial charge in [0.05, 0.1) is 12.7 Å². The Morgan fingerprint density at radius 3 is 2.30 bits per heavy atom. The number of rotatable bonds is 2. The molecule has 0 heterocycles. The minimum atomic E-state index is -0.574. The van der Waals surface area contributed by atoms with Gasteiger partial charge in [0.1, 0.15) is 0 Å². The molecular formula is C6H10N2O2. The van der Waals surface area contributed by atoms with E-state index >= 15 is 0 Å². The third-order valence-electron chi connectivity index (χ3n) is 0.974. The van der Waals surface area contributed by atoms with Crippen LogP contribution in [0.5, 0.6) is 0 Å². The summed E-state index contributed by atoms with van der Waals surface area (Å²) < 4.78 is 4.34. The second-order valence-corrected chi connectivity index (χ2v) is 1.73. The number of esters is 1. The predicted molar refractivity (Wildman–Crippen MR) is 37.7 cm³/mol. The Labute approximate surface area is 59.2 Å². The first-order valence-electron chi connectivity index (χ1n) is 2.68. The van der Waals surface area contributed by atoms with Gasteiger partial charge < -0.3 is 15.9 Å². The second kappa shape index (κ2) is 3.66. The molecule has 0 aliphatic heterocycles. The van der Waals surface area contributed by atoms with Gasteiger partial charge in [-0.2, -0.15) is 0 Å². The molecule has 0 fully saturated rings. The maximum absolute atomic E-state index is 10.7. The fourth-order valence-electron chi connectivity index (χ4n) is 0.444. The average Bonchev–Trinajstić information content (AvgIpc) is 1.88. The summed E-state index contributed by atoms with van der Waals surface area (Å²) in [5, 5.41) is 6.76.